The van der Waals surface area contributed by atoms with E-state index < -0.39 is 11.9 Å². The molecule has 0 aliphatic heterocycles. The maximum absolute atomic E-state index is 11.2. The summed E-state index contributed by atoms with van der Waals surface area (Å²) in [6.07, 6.45) is 0. The normalized spacial score (nSPS) is 12.8. The molecule has 3 nitrogen and oxygen atoms in total. The number of hydrogen-bond donors (Lipinski definition) is 2. The van der Waals surface area contributed by atoms with Crippen LogP contribution < -0.4 is 0 Å². The van der Waals surface area contributed by atoms with Gasteiger partial charge in [-0.05, 0) is 24.5 Å². The van der Waals surface area contributed by atoms with Gasteiger partial charge >= 0.3 is 5.97 Å². The highest BCUT2D eigenvalue weighted by Crippen LogP contribution is 2.38. The molecule has 88 valence electrons. The van der Waals surface area contributed by atoms with Gasteiger partial charge in [0.1, 0.15) is 5.75 Å². The van der Waals surface area contributed by atoms with Crippen LogP contribution in [0.25, 0.3) is 0 Å². The maximum atomic E-state index is 11.2. The zero-order valence-corrected chi connectivity index (χ0v) is 11.1. The Morgan fingerprint density at radius 3 is 2.38 bits per heavy atom. The largest absolute Gasteiger partial charge is 0.508 e. The standard InChI is InChI=1S/C12H15BrO3/c1-6(2)9(12(15)16)10-8(14)5-4-7(3)11(10)13/h4-6,9,14H,1-3H3,(H,15,16). The van der Waals surface area contributed by atoms with E-state index in [1.165, 1.54) is 6.07 Å². The van der Waals surface area contributed by atoms with E-state index in [-0.39, 0.29) is 11.7 Å². The van der Waals surface area contributed by atoms with Gasteiger partial charge in [0.2, 0.25) is 0 Å². The molecule has 0 aliphatic rings. The minimum Gasteiger partial charge on any atom is -0.508 e. The first-order chi connectivity index (χ1) is 7.36. The molecule has 1 atom stereocenters. The summed E-state index contributed by atoms with van der Waals surface area (Å²) < 4.78 is 0.675. The van der Waals surface area contributed by atoms with Crippen molar-refractivity contribution < 1.29 is 15.0 Å². The quantitative estimate of drug-likeness (QED) is 0.896. The van der Waals surface area contributed by atoms with Gasteiger partial charge in [-0.25, -0.2) is 0 Å². The number of carbonyl (C=O) groups is 1. The maximum Gasteiger partial charge on any atom is 0.311 e. The smallest absolute Gasteiger partial charge is 0.311 e. The number of carboxylic acids is 1. The molecule has 1 aromatic rings. The summed E-state index contributed by atoms with van der Waals surface area (Å²) in [5.41, 5.74) is 1.38. The van der Waals surface area contributed by atoms with Crippen molar-refractivity contribution in [3.63, 3.8) is 0 Å². The molecule has 0 aromatic heterocycles. The number of aliphatic carboxylic acids is 1. The fourth-order valence-corrected chi connectivity index (χ4v) is 2.31. The molecule has 1 rings (SSSR count). The van der Waals surface area contributed by atoms with E-state index in [4.69, 9.17) is 0 Å². The first-order valence-corrected chi connectivity index (χ1v) is 5.86. The number of phenols is 1. The van der Waals surface area contributed by atoms with Crippen molar-refractivity contribution in [1.29, 1.82) is 0 Å². The minimum absolute atomic E-state index is 0.0265. The van der Waals surface area contributed by atoms with Crippen molar-refractivity contribution in [3.8, 4) is 5.75 Å². The van der Waals surface area contributed by atoms with E-state index in [9.17, 15) is 15.0 Å². The van der Waals surface area contributed by atoms with Crippen molar-refractivity contribution >= 4 is 21.9 Å². The predicted molar refractivity (Wildman–Crippen MR) is 65.8 cm³/mol. The molecule has 0 bridgehead atoms. The second-order valence-electron chi connectivity index (χ2n) is 4.19. The second kappa shape index (κ2) is 4.87. The summed E-state index contributed by atoms with van der Waals surface area (Å²) in [4.78, 5) is 11.2. The molecule has 4 heteroatoms. The molecular formula is C12H15BrO3. The number of halogens is 1. The average Bonchev–Trinajstić information content (AvgIpc) is 2.17. The Labute approximate surface area is 103 Å². The number of benzene rings is 1. The third-order valence-corrected chi connectivity index (χ3v) is 3.65. The lowest BCUT2D eigenvalue weighted by molar-refractivity contribution is -0.139. The van der Waals surface area contributed by atoms with Crippen molar-refractivity contribution in [3.05, 3.63) is 27.7 Å². The summed E-state index contributed by atoms with van der Waals surface area (Å²) >= 11 is 3.34. The van der Waals surface area contributed by atoms with Crippen LogP contribution in [0.3, 0.4) is 0 Å². The molecule has 16 heavy (non-hydrogen) atoms. The summed E-state index contributed by atoms with van der Waals surface area (Å²) in [6.45, 7) is 5.52. The molecule has 0 saturated heterocycles. The second-order valence-corrected chi connectivity index (χ2v) is 4.98. The average molecular weight is 287 g/mol. The van der Waals surface area contributed by atoms with Crippen LogP contribution in [0.4, 0.5) is 0 Å². The van der Waals surface area contributed by atoms with E-state index in [1.807, 2.05) is 20.8 Å². The van der Waals surface area contributed by atoms with E-state index in [1.54, 1.807) is 6.07 Å². The number of aryl methyl sites for hydroxylation is 1. The Kier molecular flexibility index (Phi) is 3.97. The van der Waals surface area contributed by atoms with Crippen LogP contribution in [0, 0.1) is 12.8 Å². The van der Waals surface area contributed by atoms with Gasteiger partial charge in [0, 0.05) is 10.0 Å². The predicted octanol–water partition coefficient (Wildman–Crippen LogP) is 3.29. The SMILES string of the molecule is Cc1ccc(O)c(C(C(=O)O)C(C)C)c1Br. The van der Waals surface area contributed by atoms with Gasteiger partial charge in [-0.3, -0.25) is 4.79 Å². The number of aromatic hydroxyl groups is 1. The molecule has 2 N–H and O–H groups in total. The fourth-order valence-electron chi connectivity index (χ4n) is 1.73. The van der Waals surface area contributed by atoms with Crippen LogP contribution in [-0.4, -0.2) is 16.2 Å². The van der Waals surface area contributed by atoms with Crippen molar-refractivity contribution in [2.45, 2.75) is 26.7 Å². The Balaban J connectivity index is 3.40. The van der Waals surface area contributed by atoms with Gasteiger partial charge in [0.15, 0.2) is 0 Å². The Morgan fingerprint density at radius 2 is 1.94 bits per heavy atom. The molecule has 1 aromatic carbocycles. The van der Waals surface area contributed by atoms with Gasteiger partial charge in [-0.1, -0.05) is 35.8 Å². The molecule has 0 spiro atoms. The molecular weight excluding hydrogens is 272 g/mol. The number of carboxylic acid groups (broad SMARTS) is 1. The highest BCUT2D eigenvalue weighted by molar-refractivity contribution is 9.10. The van der Waals surface area contributed by atoms with Crippen LogP contribution >= 0.6 is 15.9 Å². The van der Waals surface area contributed by atoms with E-state index >= 15 is 0 Å². The molecule has 0 aliphatic carbocycles. The van der Waals surface area contributed by atoms with Crippen molar-refractivity contribution in [2.24, 2.45) is 5.92 Å². The zero-order chi connectivity index (χ0) is 12.5. The van der Waals surface area contributed by atoms with Gasteiger partial charge in [-0.2, -0.15) is 0 Å². The summed E-state index contributed by atoms with van der Waals surface area (Å²) in [6, 6.07) is 3.29. The van der Waals surface area contributed by atoms with E-state index in [0.29, 0.717) is 10.0 Å². The number of rotatable bonds is 3. The van der Waals surface area contributed by atoms with Crippen molar-refractivity contribution in [2.75, 3.05) is 0 Å². The Bertz CT molecular complexity index is 413. The summed E-state index contributed by atoms with van der Waals surface area (Å²) in [5.74, 6) is -1.68. The molecule has 1 unspecified atom stereocenters. The monoisotopic (exact) mass is 286 g/mol. The first-order valence-electron chi connectivity index (χ1n) is 5.07. The van der Waals surface area contributed by atoms with Gasteiger partial charge in [0.05, 0.1) is 5.92 Å². The van der Waals surface area contributed by atoms with Crippen LogP contribution in [0.1, 0.15) is 30.9 Å². The lowest BCUT2D eigenvalue weighted by atomic mass is 9.87. The van der Waals surface area contributed by atoms with Crippen LogP contribution in [-0.2, 0) is 4.79 Å². The van der Waals surface area contributed by atoms with Crippen LogP contribution in [0.2, 0.25) is 0 Å². The highest BCUT2D eigenvalue weighted by atomic mass is 79.9. The molecule has 0 heterocycles. The molecule has 0 fully saturated rings. The third-order valence-electron chi connectivity index (χ3n) is 2.59. The number of phenolic OH excluding ortho intramolecular Hbond substituents is 1. The lowest BCUT2D eigenvalue weighted by Gasteiger charge is -2.20. The Hall–Kier alpha value is -1.03. The summed E-state index contributed by atoms with van der Waals surface area (Å²) in [7, 11) is 0. The van der Waals surface area contributed by atoms with E-state index in [2.05, 4.69) is 15.9 Å². The third kappa shape index (κ3) is 2.38. The lowest BCUT2D eigenvalue weighted by Crippen LogP contribution is -2.18. The molecule has 0 saturated carbocycles. The first kappa shape index (κ1) is 13.0. The van der Waals surface area contributed by atoms with Gasteiger partial charge in [0.25, 0.3) is 0 Å². The zero-order valence-electron chi connectivity index (χ0n) is 9.49. The number of hydrogen-bond acceptors (Lipinski definition) is 2. The van der Waals surface area contributed by atoms with Crippen LogP contribution in [0.15, 0.2) is 16.6 Å². The van der Waals surface area contributed by atoms with Crippen molar-refractivity contribution in [1.82, 2.24) is 0 Å². The fraction of sp³-hybridized carbons (Fsp3) is 0.417. The molecule has 0 amide bonds. The van der Waals surface area contributed by atoms with Gasteiger partial charge < -0.3 is 10.2 Å². The summed E-state index contributed by atoms with van der Waals surface area (Å²) in [5, 5.41) is 19.0. The minimum atomic E-state index is -0.920. The van der Waals surface area contributed by atoms with Crippen LogP contribution in [0.5, 0.6) is 5.75 Å². The highest BCUT2D eigenvalue weighted by Gasteiger charge is 2.28. The topological polar surface area (TPSA) is 57.5 Å². The Morgan fingerprint density at radius 1 is 1.38 bits per heavy atom. The molecule has 0 radical (unpaired) electrons. The van der Waals surface area contributed by atoms with Gasteiger partial charge in [-0.15, -0.1) is 0 Å². The van der Waals surface area contributed by atoms with E-state index in [0.717, 1.165) is 5.56 Å².